The van der Waals surface area contributed by atoms with Crippen LogP contribution in [0.1, 0.15) is 30.4 Å². The van der Waals surface area contributed by atoms with Crippen LogP contribution in [0, 0.1) is 6.92 Å². The second-order valence-corrected chi connectivity index (χ2v) is 6.93. The molecule has 1 aromatic carbocycles. The standard InChI is InChI=1S/C23H23NO5/c1-16-20(25)22(27-15-17-8-3-2-4-9-17)21(18-10-7-12-24-14-18)29-23(16)28-19-11-5-6-13-26-19/h2-4,7-10,12,14,19H,5-6,11,13,15H2,1H3. The molecule has 3 heterocycles. The lowest BCUT2D eigenvalue weighted by Gasteiger charge is -2.23. The summed E-state index contributed by atoms with van der Waals surface area (Å²) in [5.74, 6) is 0.611. The summed E-state index contributed by atoms with van der Waals surface area (Å²) in [7, 11) is 0. The van der Waals surface area contributed by atoms with Crippen LogP contribution in [-0.2, 0) is 11.3 Å². The molecule has 3 aromatic rings. The minimum absolute atomic E-state index is 0.149. The van der Waals surface area contributed by atoms with Gasteiger partial charge in [-0.05, 0) is 37.5 Å². The Morgan fingerprint density at radius 2 is 2.00 bits per heavy atom. The van der Waals surface area contributed by atoms with Crippen LogP contribution in [0.25, 0.3) is 11.3 Å². The first-order chi connectivity index (χ1) is 14.2. The number of nitrogens with zero attached hydrogens (tertiary/aromatic N) is 1. The summed E-state index contributed by atoms with van der Waals surface area (Å²) in [6.07, 6.45) is 5.66. The summed E-state index contributed by atoms with van der Waals surface area (Å²) >= 11 is 0. The second-order valence-electron chi connectivity index (χ2n) is 6.93. The van der Waals surface area contributed by atoms with Crippen LogP contribution >= 0.6 is 0 Å². The molecular weight excluding hydrogens is 370 g/mol. The molecule has 6 heteroatoms. The van der Waals surface area contributed by atoms with Gasteiger partial charge in [0.25, 0.3) is 5.95 Å². The highest BCUT2D eigenvalue weighted by Crippen LogP contribution is 2.33. The summed E-state index contributed by atoms with van der Waals surface area (Å²) in [6, 6.07) is 13.3. The van der Waals surface area contributed by atoms with Gasteiger partial charge in [-0.2, -0.15) is 0 Å². The van der Waals surface area contributed by atoms with E-state index in [4.69, 9.17) is 18.6 Å². The normalized spacial score (nSPS) is 16.4. The highest BCUT2D eigenvalue weighted by atomic mass is 16.7. The largest absolute Gasteiger partial charge is 0.481 e. The van der Waals surface area contributed by atoms with Gasteiger partial charge in [0, 0.05) is 24.4 Å². The summed E-state index contributed by atoms with van der Waals surface area (Å²) in [5, 5.41) is 0. The smallest absolute Gasteiger partial charge is 0.294 e. The van der Waals surface area contributed by atoms with Crippen LogP contribution in [0.2, 0.25) is 0 Å². The number of benzene rings is 1. The molecular formula is C23H23NO5. The first kappa shape index (κ1) is 19.2. The van der Waals surface area contributed by atoms with Crippen molar-refractivity contribution in [3.8, 4) is 23.0 Å². The van der Waals surface area contributed by atoms with Gasteiger partial charge in [0.15, 0.2) is 5.76 Å². The van der Waals surface area contributed by atoms with E-state index < -0.39 is 6.29 Å². The Hall–Kier alpha value is -3.12. The lowest BCUT2D eigenvalue weighted by molar-refractivity contribution is -0.115. The summed E-state index contributed by atoms with van der Waals surface area (Å²) in [5.41, 5.74) is 1.69. The third kappa shape index (κ3) is 4.49. The van der Waals surface area contributed by atoms with E-state index >= 15 is 0 Å². The van der Waals surface area contributed by atoms with E-state index in [0.717, 1.165) is 24.8 Å². The highest BCUT2D eigenvalue weighted by Gasteiger charge is 2.24. The molecule has 1 aliphatic heterocycles. The Kier molecular flexibility index (Phi) is 5.91. The molecule has 0 aliphatic carbocycles. The predicted molar refractivity (Wildman–Crippen MR) is 108 cm³/mol. The van der Waals surface area contributed by atoms with E-state index in [0.29, 0.717) is 23.5 Å². The van der Waals surface area contributed by atoms with Gasteiger partial charge in [0.05, 0.1) is 12.2 Å². The van der Waals surface area contributed by atoms with Crippen molar-refractivity contribution in [2.45, 2.75) is 39.1 Å². The van der Waals surface area contributed by atoms with Gasteiger partial charge >= 0.3 is 0 Å². The zero-order valence-electron chi connectivity index (χ0n) is 16.3. The molecule has 6 nitrogen and oxygen atoms in total. The Labute approximate surface area is 169 Å². The second kappa shape index (κ2) is 8.92. The molecule has 0 bridgehead atoms. The molecule has 0 saturated carbocycles. The molecule has 1 saturated heterocycles. The van der Waals surface area contributed by atoms with E-state index in [1.165, 1.54) is 0 Å². The van der Waals surface area contributed by atoms with Crippen LogP contribution in [0.15, 0.2) is 64.1 Å². The van der Waals surface area contributed by atoms with Crippen LogP contribution in [0.4, 0.5) is 0 Å². The molecule has 150 valence electrons. The van der Waals surface area contributed by atoms with E-state index in [1.54, 1.807) is 25.4 Å². The molecule has 0 amide bonds. The van der Waals surface area contributed by atoms with E-state index in [-0.39, 0.29) is 23.7 Å². The third-order valence-corrected chi connectivity index (χ3v) is 4.78. The van der Waals surface area contributed by atoms with Crippen LogP contribution in [-0.4, -0.2) is 17.9 Å². The van der Waals surface area contributed by atoms with Crippen molar-refractivity contribution in [1.82, 2.24) is 4.98 Å². The molecule has 0 radical (unpaired) electrons. The zero-order chi connectivity index (χ0) is 20.1. The number of hydrogen-bond acceptors (Lipinski definition) is 6. The topological polar surface area (TPSA) is 70.8 Å². The third-order valence-electron chi connectivity index (χ3n) is 4.78. The Balaban J connectivity index is 1.70. The van der Waals surface area contributed by atoms with Gasteiger partial charge in [-0.25, -0.2) is 0 Å². The van der Waals surface area contributed by atoms with Crippen LogP contribution < -0.4 is 14.9 Å². The number of hydrogen-bond donors (Lipinski definition) is 0. The monoisotopic (exact) mass is 393 g/mol. The fraction of sp³-hybridized carbons (Fsp3) is 0.304. The highest BCUT2D eigenvalue weighted by molar-refractivity contribution is 5.64. The minimum atomic E-state index is -0.413. The van der Waals surface area contributed by atoms with Gasteiger partial charge in [0.1, 0.15) is 6.61 Å². The predicted octanol–water partition coefficient (Wildman–Crippen LogP) is 4.49. The number of rotatable bonds is 6. The molecule has 1 unspecified atom stereocenters. The van der Waals surface area contributed by atoms with Crippen molar-refractivity contribution in [3.63, 3.8) is 0 Å². The van der Waals surface area contributed by atoms with Gasteiger partial charge in [-0.1, -0.05) is 30.3 Å². The fourth-order valence-electron chi connectivity index (χ4n) is 3.17. The van der Waals surface area contributed by atoms with Gasteiger partial charge < -0.3 is 18.6 Å². The molecule has 1 fully saturated rings. The maximum atomic E-state index is 13.1. The van der Waals surface area contributed by atoms with Crippen molar-refractivity contribution in [1.29, 1.82) is 0 Å². The van der Waals surface area contributed by atoms with Crippen molar-refractivity contribution >= 4 is 0 Å². The first-order valence-electron chi connectivity index (χ1n) is 9.75. The molecule has 0 N–H and O–H groups in total. The lowest BCUT2D eigenvalue weighted by Crippen LogP contribution is -2.26. The average molecular weight is 393 g/mol. The zero-order valence-corrected chi connectivity index (χ0v) is 16.3. The first-order valence-corrected chi connectivity index (χ1v) is 9.75. The number of ether oxygens (including phenoxy) is 3. The van der Waals surface area contributed by atoms with Crippen molar-refractivity contribution < 1.29 is 18.6 Å². The van der Waals surface area contributed by atoms with Gasteiger partial charge in [0.2, 0.25) is 17.5 Å². The Bertz CT molecular complexity index is 995. The molecule has 1 aliphatic rings. The summed E-state index contributed by atoms with van der Waals surface area (Å²) in [6.45, 7) is 2.57. The maximum Gasteiger partial charge on any atom is 0.294 e. The minimum Gasteiger partial charge on any atom is -0.481 e. The van der Waals surface area contributed by atoms with Crippen molar-refractivity contribution in [2.75, 3.05) is 6.61 Å². The van der Waals surface area contributed by atoms with Crippen molar-refractivity contribution in [2.24, 2.45) is 0 Å². The van der Waals surface area contributed by atoms with E-state index in [1.807, 2.05) is 36.4 Å². The quantitative estimate of drug-likeness (QED) is 0.614. The fourth-order valence-corrected chi connectivity index (χ4v) is 3.17. The molecule has 0 spiro atoms. The Morgan fingerprint density at radius 3 is 2.72 bits per heavy atom. The maximum absolute atomic E-state index is 13.1. The lowest BCUT2D eigenvalue weighted by atomic mass is 10.1. The average Bonchev–Trinajstić information content (AvgIpc) is 2.78. The molecule has 1 atom stereocenters. The van der Waals surface area contributed by atoms with E-state index in [9.17, 15) is 4.79 Å². The number of aromatic nitrogens is 1. The number of pyridine rings is 1. The SMILES string of the molecule is Cc1c(OC2CCCCO2)oc(-c2cccnc2)c(OCc2ccccc2)c1=O. The van der Waals surface area contributed by atoms with Crippen molar-refractivity contribution in [3.05, 3.63) is 76.2 Å². The van der Waals surface area contributed by atoms with Crippen LogP contribution in [0.5, 0.6) is 11.7 Å². The van der Waals surface area contributed by atoms with Gasteiger partial charge in [-0.15, -0.1) is 0 Å². The summed E-state index contributed by atoms with van der Waals surface area (Å²) in [4.78, 5) is 17.3. The van der Waals surface area contributed by atoms with E-state index in [2.05, 4.69) is 4.98 Å². The molecule has 29 heavy (non-hydrogen) atoms. The van der Waals surface area contributed by atoms with Crippen LogP contribution in [0.3, 0.4) is 0 Å². The Morgan fingerprint density at radius 1 is 1.14 bits per heavy atom. The molecule has 2 aromatic heterocycles. The summed E-state index contributed by atoms with van der Waals surface area (Å²) < 4.78 is 23.5. The molecule has 4 rings (SSSR count). The van der Waals surface area contributed by atoms with Gasteiger partial charge in [-0.3, -0.25) is 9.78 Å².